The maximum absolute atomic E-state index is 10.7. The summed E-state index contributed by atoms with van der Waals surface area (Å²) in [5.74, 6) is 10.7. The van der Waals surface area contributed by atoms with E-state index in [4.69, 9.17) is 5.11 Å². The number of rotatable bonds is 3. The second kappa shape index (κ2) is 10.4. The Kier molecular flexibility index (Phi) is 9.19. The van der Waals surface area contributed by atoms with Gasteiger partial charge in [0.15, 0.2) is 0 Å². The number of ether oxygens (including phenoxy) is 1. The number of aliphatic hydroxyl groups is 1. The van der Waals surface area contributed by atoms with Gasteiger partial charge in [0.05, 0.1) is 20.1 Å². The van der Waals surface area contributed by atoms with E-state index in [1.54, 1.807) is 12.2 Å². The third-order valence-corrected chi connectivity index (χ3v) is 1.37. The Hall–Kier alpha value is -1.71. The average molecular weight is 206 g/mol. The topological polar surface area (TPSA) is 46.5 Å². The fraction of sp³-hybridized carbons (Fsp3) is 0.417. The number of methoxy groups -OCH3 is 1. The molecule has 15 heavy (non-hydrogen) atoms. The molecular formula is C12H14O3. The summed E-state index contributed by atoms with van der Waals surface area (Å²) in [6.07, 6.45) is 4.50. The molecule has 1 N–H and O–H groups in total. The zero-order chi connectivity index (χ0) is 11.4. The molecule has 3 heteroatoms. The molecule has 0 aromatic heterocycles. The molecule has 0 fully saturated rings. The smallest absolute Gasteiger partial charge is 0.306 e. The van der Waals surface area contributed by atoms with E-state index >= 15 is 0 Å². The van der Waals surface area contributed by atoms with Gasteiger partial charge in [-0.05, 0) is 12.2 Å². The zero-order valence-electron chi connectivity index (χ0n) is 8.75. The van der Waals surface area contributed by atoms with E-state index in [-0.39, 0.29) is 12.6 Å². The van der Waals surface area contributed by atoms with Gasteiger partial charge in [-0.15, -0.1) is 0 Å². The van der Waals surface area contributed by atoms with E-state index in [0.29, 0.717) is 19.3 Å². The van der Waals surface area contributed by atoms with Crippen LogP contribution in [0.15, 0.2) is 12.2 Å². The van der Waals surface area contributed by atoms with Gasteiger partial charge in [0.1, 0.15) is 0 Å². The molecule has 0 aliphatic carbocycles. The molecule has 0 rings (SSSR count). The largest absolute Gasteiger partial charge is 0.469 e. The molecule has 0 aromatic carbocycles. The average Bonchev–Trinajstić information content (AvgIpc) is 2.26. The maximum atomic E-state index is 10.7. The molecule has 0 saturated heterocycles. The van der Waals surface area contributed by atoms with Gasteiger partial charge in [-0.1, -0.05) is 23.7 Å². The van der Waals surface area contributed by atoms with Crippen molar-refractivity contribution in [3.63, 3.8) is 0 Å². The summed E-state index contributed by atoms with van der Waals surface area (Å²) < 4.78 is 4.45. The number of hydrogen-bond donors (Lipinski definition) is 1. The molecule has 3 nitrogen and oxygen atoms in total. The van der Waals surface area contributed by atoms with Crippen molar-refractivity contribution in [1.82, 2.24) is 0 Å². The van der Waals surface area contributed by atoms with Gasteiger partial charge in [0.2, 0.25) is 0 Å². The lowest BCUT2D eigenvalue weighted by Gasteiger charge is -1.91. The molecule has 0 amide bonds. The number of carbonyl (C=O) groups is 1. The van der Waals surface area contributed by atoms with Crippen molar-refractivity contribution in [1.29, 1.82) is 0 Å². The van der Waals surface area contributed by atoms with Gasteiger partial charge < -0.3 is 9.84 Å². The van der Waals surface area contributed by atoms with Crippen molar-refractivity contribution in [2.45, 2.75) is 19.3 Å². The molecule has 0 spiro atoms. The summed E-state index contributed by atoms with van der Waals surface area (Å²) in [7, 11) is 1.35. The second-order valence-electron chi connectivity index (χ2n) is 2.53. The number of esters is 1. The van der Waals surface area contributed by atoms with E-state index in [2.05, 4.69) is 28.4 Å². The molecular weight excluding hydrogens is 192 g/mol. The van der Waals surface area contributed by atoms with E-state index in [9.17, 15) is 4.79 Å². The Morgan fingerprint density at radius 3 is 2.40 bits per heavy atom. The molecule has 0 bridgehead atoms. The first-order valence-electron chi connectivity index (χ1n) is 4.60. The minimum Gasteiger partial charge on any atom is -0.469 e. The summed E-state index contributed by atoms with van der Waals surface area (Å²) in [5, 5.41) is 8.42. The molecule has 0 unspecified atom stereocenters. The zero-order valence-corrected chi connectivity index (χ0v) is 8.75. The molecule has 80 valence electrons. The van der Waals surface area contributed by atoms with Crippen LogP contribution < -0.4 is 0 Å². The molecule has 0 aliphatic rings. The lowest BCUT2D eigenvalue weighted by molar-refractivity contribution is -0.140. The monoisotopic (exact) mass is 206 g/mol. The van der Waals surface area contributed by atoms with Crippen molar-refractivity contribution >= 4 is 5.97 Å². The summed E-state index contributed by atoms with van der Waals surface area (Å²) in [6, 6.07) is 0. The molecule has 0 aliphatic heterocycles. The number of aliphatic hydroxyl groups excluding tert-OH is 1. The summed E-state index contributed by atoms with van der Waals surface area (Å²) in [4.78, 5) is 10.7. The van der Waals surface area contributed by atoms with Crippen molar-refractivity contribution in [2.75, 3.05) is 13.7 Å². The van der Waals surface area contributed by atoms with Crippen molar-refractivity contribution in [2.24, 2.45) is 0 Å². The van der Waals surface area contributed by atoms with Crippen molar-refractivity contribution in [3.05, 3.63) is 12.2 Å². The Balaban J connectivity index is 3.63. The minimum atomic E-state index is -0.254. The highest BCUT2D eigenvalue weighted by Crippen LogP contribution is 1.88. The Labute approximate surface area is 90.1 Å². The third-order valence-electron chi connectivity index (χ3n) is 1.37. The fourth-order valence-electron chi connectivity index (χ4n) is 0.668. The van der Waals surface area contributed by atoms with Crippen molar-refractivity contribution < 1.29 is 14.6 Å². The van der Waals surface area contributed by atoms with Crippen LogP contribution in [-0.2, 0) is 9.53 Å². The van der Waals surface area contributed by atoms with Gasteiger partial charge in [0, 0.05) is 12.8 Å². The predicted molar refractivity (Wildman–Crippen MR) is 57.6 cm³/mol. The lowest BCUT2D eigenvalue weighted by Crippen LogP contribution is -1.97. The highest BCUT2D eigenvalue weighted by atomic mass is 16.5. The lowest BCUT2D eigenvalue weighted by atomic mass is 10.3. The van der Waals surface area contributed by atoms with Crippen LogP contribution in [0, 0.1) is 23.7 Å². The first kappa shape index (κ1) is 13.3. The van der Waals surface area contributed by atoms with Gasteiger partial charge >= 0.3 is 5.97 Å². The van der Waals surface area contributed by atoms with Crippen LogP contribution in [0.3, 0.4) is 0 Å². The first-order chi connectivity index (χ1) is 7.31. The Morgan fingerprint density at radius 1 is 1.27 bits per heavy atom. The Bertz CT molecular complexity index is 320. The highest BCUT2D eigenvalue weighted by Gasteiger charge is 1.94. The first-order valence-corrected chi connectivity index (χ1v) is 4.60. The number of hydrogen-bond acceptors (Lipinski definition) is 3. The van der Waals surface area contributed by atoms with Crippen LogP contribution >= 0.6 is 0 Å². The molecule has 0 aromatic rings. The molecule has 0 heterocycles. The van der Waals surface area contributed by atoms with Gasteiger partial charge in [-0.25, -0.2) is 0 Å². The predicted octanol–water partition coefficient (Wildman–Crippen LogP) is 0.885. The Morgan fingerprint density at radius 2 is 1.87 bits per heavy atom. The van der Waals surface area contributed by atoms with E-state index in [1.165, 1.54) is 7.11 Å². The SMILES string of the molecule is COC(=O)CCC#C/C=C\C#CCCO. The number of carbonyl (C=O) groups excluding carboxylic acids is 1. The van der Waals surface area contributed by atoms with Crippen LogP contribution in [-0.4, -0.2) is 24.8 Å². The van der Waals surface area contributed by atoms with Crippen LogP contribution in [0.1, 0.15) is 19.3 Å². The van der Waals surface area contributed by atoms with Gasteiger partial charge in [-0.3, -0.25) is 4.79 Å². The van der Waals surface area contributed by atoms with Crippen LogP contribution in [0.5, 0.6) is 0 Å². The van der Waals surface area contributed by atoms with Crippen LogP contribution in [0.25, 0.3) is 0 Å². The normalized spacial score (nSPS) is 8.67. The molecule has 0 atom stereocenters. The van der Waals surface area contributed by atoms with E-state index < -0.39 is 0 Å². The van der Waals surface area contributed by atoms with Crippen LogP contribution in [0.2, 0.25) is 0 Å². The summed E-state index contributed by atoms with van der Waals surface area (Å²) in [5.41, 5.74) is 0. The molecule has 0 radical (unpaired) electrons. The standard InChI is InChI=1S/C12H14O3/c1-15-12(14)10-8-6-4-2-3-5-7-9-11-13/h2-3,13H,8-11H2,1H3/b3-2-. The minimum absolute atomic E-state index is 0.0750. The van der Waals surface area contributed by atoms with E-state index in [0.717, 1.165) is 0 Å². The quantitative estimate of drug-likeness (QED) is 0.551. The van der Waals surface area contributed by atoms with Gasteiger partial charge in [0.25, 0.3) is 0 Å². The van der Waals surface area contributed by atoms with E-state index in [1.807, 2.05) is 0 Å². The third kappa shape index (κ3) is 10.2. The molecule has 0 saturated carbocycles. The van der Waals surface area contributed by atoms with Crippen LogP contribution in [0.4, 0.5) is 0 Å². The number of allylic oxidation sites excluding steroid dienone is 2. The second-order valence-corrected chi connectivity index (χ2v) is 2.53. The fourth-order valence-corrected chi connectivity index (χ4v) is 0.668. The van der Waals surface area contributed by atoms with Gasteiger partial charge in [-0.2, -0.15) is 0 Å². The van der Waals surface area contributed by atoms with Crippen molar-refractivity contribution in [3.8, 4) is 23.7 Å². The highest BCUT2D eigenvalue weighted by molar-refractivity contribution is 5.69. The summed E-state index contributed by atoms with van der Waals surface area (Å²) >= 11 is 0. The summed E-state index contributed by atoms with van der Waals surface area (Å²) in [6.45, 7) is 0.0750. The maximum Gasteiger partial charge on any atom is 0.306 e.